The summed E-state index contributed by atoms with van der Waals surface area (Å²) in [6.45, 7) is 3.57. The number of hydrogen-bond acceptors (Lipinski definition) is 2. The van der Waals surface area contributed by atoms with Crippen LogP contribution in [0.2, 0.25) is 0 Å². The van der Waals surface area contributed by atoms with Crippen molar-refractivity contribution in [3.8, 4) is 0 Å². The predicted octanol–water partition coefficient (Wildman–Crippen LogP) is 2.23. The Morgan fingerprint density at radius 3 is 2.43 bits per heavy atom. The van der Waals surface area contributed by atoms with Crippen LogP contribution >= 0.6 is 0 Å². The second-order valence-electron chi connectivity index (χ2n) is 4.23. The first-order valence-electron chi connectivity index (χ1n) is 4.72. The van der Waals surface area contributed by atoms with Crippen LogP contribution in [0.25, 0.3) is 0 Å². The second kappa shape index (κ2) is 3.38. The minimum atomic E-state index is -4.34. The fraction of sp³-hybridized carbons (Fsp3) is 1.00. The first-order valence-corrected chi connectivity index (χ1v) is 4.72. The van der Waals surface area contributed by atoms with Gasteiger partial charge in [-0.1, -0.05) is 6.92 Å². The molecule has 1 aliphatic heterocycles. The molecule has 1 fully saturated rings. The van der Waals surface area contributed by atoms with E-state index in [1.807, 2.05) is 6.92 Å². The third-order valence-electron chi connectivity index (χ3n) is 3.00. The molecule has 1 rings (SSSR count). The minimum Gasteiger partial charge on any atom is -0.375 e. The Labute approximate surface area is 81.6 Å². The van der Waals surface area contributed by atoms with Gasteiger partial charge in [-0.25, -0.2) is 0 Å². The molecular formula is C9H16F3NO. The minimum absolute atomic E-state index is 0.0837. The van der Waals surface area contributed by atoms with Crippen molar-refractivity contribution in [2.24, 2.45) is 5.73 Å². The van der Waals surface area contributed by atoms with Crippen LogP contribution in [-0.2, 0) is 4.74 Å². The van der Waals surface area contributed by atoms with Crippen molar-refractivity contribution in [3.05, 3.63) is 0 Å². The summed E-state index contributed by atoms with van der Waals surface area (Å²) in [5.41, 5.74) is 2.58. The molecular weight excluding hydrogens is 195 g/mol. The van der Waals surface area contributed by atoms with Crippen LogP contribution in [0, 0.1) is 0 Å². The summed E-state index contributed by atoms with van der Waals surface area (Å²) >= 11 is 0. The molecule has 0 bridgehead atoms. The Hall–Kier alpha value is -0.290. The van der Waals surface area contributed by atoms with Crippen LogP contribution in [0.5, 0.6) is 0 Å². The number of halogens is 3. The maximum Gasteiger partial charge on any atom is 0.406 e. The lowest BCUT2D eigenvalue weighted by Gasteiger charge is -2.44. The molecule has 0 aromatic rings. The van der Waals surface area contributed by atoms with E-state index in [1.54, 1.807) is 6.92 Å². The average Bonchev–Trinajstić information content (AvgIpc) is 2.02. The topological polar surface area (TPSA) is 35.2 Å². The highest BCUT2D eigenvalue weighted by Gasteiger charge is 2.56. The molecule has 2 nitrogen and oxygen atoms in total. The highest BCUT2D eigenvalue weighted by molar-refractivity contribution is 5.00. The largest absolute Gasteiger partial charge is 0.406 e. The Bertz CT molecular complexity index is 219. The van der Waals surface area contributed by atoms with Crippen molar-refractivity contribution in [3.63, 3.8) is 0 Å². The van der Waals surface area contributed by atoms with Gasteiger partial charge in [-0.15, -0.1) is 0 Å². The van der Waals surface area contributed by atoms with Crippen molar-refractivity contribution in [2.45, 2.75) is 50.4 Å². The summed E-state index contributed by atoms with van der Waals surface area (Å²) in [6.07, 6.45) is -4.10. The molecule has 0 aromatic heterocycles. The maximum absolute atomic E-state index is 12.6. The number of rotatable bonds is 1. The quantitative estimate of drug-likeness (QED) is 0.721. The van der Waals surface area contributed by atoms with Crippen LogP contribution in [0.1, 0.15) is 33.1 Å². The van der Waals surface area contributed by atoms with E-state index >= 15 is 0 Å². The van der Waals surface area contributed by atoms with Gasteiger partial charge >= 0.3 is 6.18 Å². The SMILES string of the molecule is CCC1(C)CC(N)(C(F)(F)F)CCO1. The molecule has 2 atom stereocenters. The lowest BCUT2D eigenvalue weighted by Crippen LogP contribution is -2.61. The van der Waals surface area contributed by atoms with Crippen molar-refractivity contribution >= 4 is 0 Å². The Morgan fingerprint density at radius 2 is 2.00 bits per heavy atom. The van der Waals surface area contributed by atoms with Gasteiger partial charge in [0.2, 0.25) is 0 Å². The standard InChI is InChI=1S/C9H16F3NO/c1-3-7(2)6-8(13,4-5-14-7)9(10,11)12/h3-6,13H2,1-2H3. The molecule has 14 heavy (non-hydrogen) atoms. The molecule has 0 aliphatic carbocycles. The molecule has 2 N–H and O–H groups in total. The predicted molar refractivity (Wildman–Crippen MR) is 46.9 cm³/mol. The zero-order valence-electron chi connectivity index (χ0n) is 8.45. The number of hydrogen-bond donors (Lipinski definition) is 1. The second-order valence-corrected chi connectivity index (χ2v) is 4.23. The van der Waals surface area contributed by atoms with E-state index in [0.29, 0.717) is 6.42 Å². The first-order chi connectivity index (χ1) is 6.22. The molecule has 2 unspecified atom stereocenters. The zero-order chi connectivity index (χ0) is 11.0. The van der Waals surface area contributed by atoms with Gasteiger partial charge in [-0.2, -0.15) is 13.2 Å². The van der Waals surface area contributed by atoms with Crippen molar-refractivity contribution in [1.82, 2.24) is 0 Å². The van der Waals surface area contributed by atoms with E-state index in [-0.39, 0.29) is 19.4 Å². The van der Waals surface area contributed by atoms with E-state index in [1.165, 1.54) is 0 Å². The Morgan fingerprint density at radius 1 is 1.43 bits per heavy atom. The van der Waals surface area contributed by atoms with Gasteiger partial charge in [0, 0.05) is 13.0 Å². The Balaban J connectivity index is 2.82. The molecule has 0 radical (unpaired) electrons. The fourth-order valence-corrected chi connectivity index (χ4v) is 1.76. The Kier molecular flexibility index (Phi) is 2.84. The van der Waals surface area contributed by atoms with Crippen LogP contribution in [-0.4, -0.2) is 23.9 Å². The number of nitrogens with two attached hydrogens (primary N) is 1. The van der Waals surface area contributed by atoms with E-state index in [2.05, 4.69) is 0 Å². The monoisotopic (exact) mass is 211 g/mol. The van der Waals surface area contributed by atoms with Gasteiger partial charge in [0.25, 0.3) is 0 Å². The number of alkyl halides is 3. The lowest BCUT2D eigenvalue weighted by molar-refractivity contribution is -0.228. The third kappa shape index (κ3) is 2.03. The van der Waals surface area contributed by atoms with Crippen molar-refractivity contribution < 1.29 is 17.9 Å². The molecule has 0 aromatic carbocycles. The van der Waals surface area contributed by atoms with Crippen LogP contribution in [0.3, 0.4) is 0 Å². The summed E-state index contributed by atoms with van der Waals surface area (Å²) < 4.78 is 43.2. The molecule has 1 saturated heterocycles. The smallest absolute Gasteiger partial charge is 0.375 e. The van der Waals surface area contributed by atoms with E-state index < -0.39 is 17.3 Å². The molecule has 5 heteroatoms. The van der Waals surface area contributed by atoms with Gasteiger partial charge in [-0.05, 0) is 19.8 Å². The van der Waals surface area contributed by atoms with Gasteiger partial charge in [0.05, 0.1) is 5.60 Å². The van der Waals surface area contributed by atoms with E-state index in [0.717, 1.165) is 0 Å². The third-order valence-corrected chi connectivity index (χ3v) is 3.00. The van der Waals surface area contributed by atoms with Crippen molar-refractivity contribution in [2.75, 3.05) is 6.61 Å². The summed E-state index contributed by atoms with van der Waals surface area (Å²) in [7, 11) is 0. The first kappa shape index (κ1) is 11.8. The van der Waals surface area contributed by atoms with E-state index in [9.17, 15) is 13.2 Å². The summed E-state index contributed by atoms with van der Waals surface area (Å²) in [5.74, 6) is 0. The molecule has 1 aliphatic rings. The van der Waals surface area contributed by atoms with Gasteiger partial charge < -0.3 is 10.5 Å². The highest BCUT2D eigenvalue weighted by atomic mass is 19.4. The van der Waals surface area contributed by atoms with Gasteiger partial charge in [0.15, 0.2) is 0 Å². The summed E-state index contributed by atoms with van der Waals surface area (Å²) in [4.78, 5) is 0. The highest BCUT2D eigenvalue weighted by Crippen LogP contribution is 2.42. The molecule has 84 valence electrons. The van der Waals surface area contributed by atoms with Crippen LogP contribution < -0.4 is 5.73 Å². The van der Waals surface area contributed by atoms with Crippen LogP contribution in [0.4, 0.5) is 13.2 Å². The normalized spacial score (nSPS) is 39.9. The molecule has 1 heterocycles. The summed E-state index contributed by atoms with van der Waals surface area (Å²) in [6, 6.07) is 0. The summed E-state index contributed by atoms with van der Waals surface area (Å²) in [5, 5.41) is 0. The zero-order valence-corrected chi connectivity index (χ0v) is 8.45. The van der Waals surface area contributed by atoms with Gasteiger partial charge in [0.1, 0.15) is 5.54 Å². The molecule has 0 amide bonds. The molecule has 0 spiro atoms. The van der Waals surface area contributed by atoms with E-state index in [4.69, 9.17) is 10.5 Å². The van der Waals surface area contributed by atoms with Gasteiger partial charge in [-0.3, -0.25) is 0 Å². The average molecular weight is 211 g/mol. The maximum atomic E-state index is 12.6. The molecule has 0 saturated carbocycles. The van der Waals surface area contributed by atoms with Crippen molar-refractivity contribution in [1.29, 1.82) is 0 Å². The fourth-order valence-electron chi connectivity index (χ4n) is 1.76. The van der Waals surface area contributed by atoms with Crippen LogP contribution in [0.15, 0.2) is 0 Å². The number of ether oxygens (including phenoxy) is 1. The lowest BCUT2D eigenvalue weighted by atomic mass is 9.79.